The van der Waals surface area contributed by atoms with E-state index in [1.165, 1.54) is 12.3 Å². The Bertz CT molecular complexity index is 648. The summed E-state index contributed by atoms with van der Waals surface area (Å²) in [7, 11) is 0. The van der Waals surface area contributed by atoms with Crippen molar-refractivity contribution >= 4 is 34.2 Å². The molecule has 1 aromatic heterocycles. The van der Waals surface area contributed by atoms with E-state index in [1.54, 1.807) is 22.6 Å². The van der Waals surface area contributed by atoms with Crippen molar-refractivity contribution in [3.8, 4) is 11.1 Å². The van der Waals surface area contributed by atoms with Crippen molar-refractivity contribution in [2.75, 3.05) is 0 Å². The molecule has 0 fully saturated rings. The van der Waals surface area contributed by atoms with Gasteiger partial charge in [0.15, 0.2) is 23.3 Å². The molecule has 100 valence electrons. The zero-order valence-electron chi connectivity index (χ0n) is 8.75. The molecule has 19 heavy (non-hydrogen) atoms. The Balaban J connectivity index is 2.87. The Kier molecular flexibility index (Phi) is 3.95. The third-order valence-electron chi connectivity index (χ3n) is 2.28. The molecule has 0 amide bonds. The molecule has 2 rings (SSSR count). The van der Waals surface area contributed by atoms with Crippen LogP contribution in [0.4, 0.5) is 22.0 Å². The Morgan fingerprint density at radius 3 is 1.89 bits per heavy atom. The highest BCUT2D eigenvalue weighted by Crippen LogP contribution is 2.35. The Labute approximate surface area is 122 Å². The van der Waals surface area contributed by atoms with Crippen molar-refractivity contribution in [1.82, 2.24) is 4.98 Å². The molecule has 0 N–H and O–H groups in total. The number of nitrogens with zero attached hydrogens (tertiary/aromatic N) is 1. The van der Waals surface area contributed by atoms with Gasteiger partial charge in [-0.15, -0.1) is 0 Å². The topological polar surface area (TPSA) is 12.9 Å². The Morgan fingerprint density at radius 1 is 0.895 bits per heavy atom. The van der Waals surface area contributed by atoms with Crippen molar-refractivity contribution in [1.29, 1.82) is 0 Å². The number of benzene rings is 1. The van der Waals surface area contributed by atoms with Gasteiger partial charge in [-0.25, -0.2) is 26.9 Å². The van der Waals surface area contributed by atoms with Crippen LogP contribution in [0.5, 0.6) is 0 Å². The second kappa shape index (κ2) is 5.20. The van der Waals surface area contributed by atoms with Crippen LogP contribution in [0.1, 0.15) is 0 Å². The van der Waals surface area contributed by atoms with E-state index in [2.05, 4.69) is 4.98 Å². The van der Waals surface area contributed by atoms with Crippen molar-refractivity contribution in [3.05, 3.63) is 50.1 Å². The molecule has 0 saturated heterocycles. The van der Waals surface area contributed by atoms with Crippen molar-refractivity contribution in [2.24, 2.45) is 0 Å². The standard InChI is InChI=1S/C11H2ClF5IN/c12-11-4(1-3(18)2-19-11)5-6(13)8(15)10(17)9(16)7(5)14/h1-2H. The van der Waals surface area contributed by atoms with Crippen molar-refractivity contribution in [3.63, 3.8) is 0 Å². The van der Waals surface area contributed by atoms with Crippen LogP contribution in [0.2, 0.25) is 5.15 Å². The number of rotatable bonds is 1. The van der Waals surface area contributed by atoms with Crippen molar-refractivity contribution < 1.29 is 22.0 Å². The zero-order chi connectivity index (χ0) is 14.3. The molecular weight excluding hydrogens is 403 g/mol. The third kappa shape index (κ3) is 2.40. The molecule has 0 unspecified atom stereocenters. The summed E-state index contributed by atoms with van der Waals surface area (Å²) in [5.74, 6) is -10.1. The van der Waals surface area contributed by atoms with Gasteiger partial charge in [0.05, 0.1) is 5.56 Å². The van der Waals surface area contributed by atoms with Crippen molar-refractivity contribution in [2.45, 2.75) is 0 Å². The maximum atomic E-state index is 13.6. The van der Waals surface area contributed by atoms with Crippen LogP contribution in [-0.2, 0) is 0 Å². The number of pyridine rings is 1. The fraction of sp³-hybridized carbons (Fsp3) is 0. The molecule has 1 nitrogen and oxygen atoms in total. The second-order valence-corrected chi connectivity index (χ2v) is 5.04. The van der Waals surface area contributed by atoms with E-state index >= 15 is 0 Å². The van der Waals surface area contributed by atoms with Gasteiger partial charge in [0.2, 0.25) is 5.82 Å². The van der Waals surface area contributed by atoms with Gasteiger partial charge in [-0.05, 0) is 28.7 Å². The van der Waals surface area contributed by atoms with Gasteiger partial charge >= 0.3 is 0 Å². The number of halogens is 7. The predicted molar refractivity (Wildman–Crippen MR) is 67.2 cm³/mol. The molecule has 1 aromatic carbocycles. The average molecular weight is 405 g/mol. The summed E-state index contributed by atoms with van der Waals surface area (Å²) >= 11 is 7.40. The van der Waals surface area contributed by atoms with Gasteiger partial charge in [0, 0.05) is 15.3 Å². The van der Waals surface area contributed by atoms with Crippen LogP contribution in [-0.4, -0.2) is 4.98 Å². The summed E-state index contributed by atoms with van der Waals surface area (Å²) in [5.41, 5.74) is -1.45. The lowest BCUT2D eigenvalue weighted by Crippen LogP contribution is -2.04. The summed E-state index contributed by atoms with van der Waals surface area (Å²) in [4.78, 5) is 3.60. The maximum absolute atomic E-state index is 13.6. The fourth-order valence-electron chi connectivity index (χ4n) is 1.44. The summed E-state index contributed by atoms with van der Waals surface area (Å²) in [6.45, 7) is 0. The van der Waals surface area contributed by atoms with Crippen LogP contribution >= 0.6 is 34.2 Å². The molecule has 8 heteroatoms. The third-order valence-corrected chi connectivity index (χ3v) is 3.18. The number of aromatic nitrogens is 1. The first kappa shape index (κ1) is 14.4. The highest BCUT2D eigenvalue weighted by molar-refractivity contribution is 14.1. The van der Waals surface area contributed by atoms with E-state index < -0.39 is 34.6 Å². The first-order valence-corrected chi connectivity index (χ1v) is 6.13. The van der Waals surface area contributed by atoms with Gasteiger partial charge in [-0.1, -0.05) is 11.6 Å². The molecule has 1 heterocycles. The quantitative estimate of drug-likeness (QED) is 0.220. The number of hydrogen-bond donors (Lipinski definition) is 0. The monoisotopic (exact) mass is 405 g/mol. The minimum absolute atomic E-state index is 0.358. The number of hydrogen-bond acceptors (Lipinski definition) is 1. The van der Waals surface area contributed by atoms with Gasteiger partial charge in [-0.3, -0.25) is 0 Å². The SMILES string of the molecule is Fc1c(F)c(F)c(-c2cc(I)cnc2Cl)c(F)c1F. The Morgan fingerprint density at radius 2 is 1.37 bits per heavy atom. The van der Waals surface area contributed by atoms with E-state index in [1.807, 2.05) is 0 Å². The van der Waals surface area contributed by atoms with Crippen LogP contribution in [0.15, 0.2) is 12.3 Å². The van der Waals surface area contributed by atoms with Crippen LogP contribution in [0.25, 0.3) is 11.1 Å². The molecule has 0 atom stereocenters. The molecular formula is C11H2ClF5IN. The highest BCUT2D eigenvalue weighted by atomic mass is 127. The average Bonchev–Trinajstić information content (AvgIpc) is 2.38. The molecule has 0 aliphatic carbocycles. The van der Waals surface area contributed by atoms with Crippen LogP contribution < -0.4 is 0 Å². The first-order chi connectivity index (χ1) is 8.84. The van der Waals surface area contributed by atoms with E-state index in [0.29, 0.717) is 3.57 Å². The molecule has 0 aliphatic heterocycles. The lowest BCUT2D eigenvalue weighted by molar-refractivity contribution is 0.381. The predicted octanol–water partition coefficient (Wildman–Crippen LogP) is 4.70. The molecule has 0 saturated carbocycles. The molecule has 0 aliphatic rings. The maximum Gasteiger partial charge on any atom is 0.200 e. The second-order valence-electron chi connectivity index (χ2n) is 3.44. The minimum Gasteiger partial charge on any atom is -0.243 e. The summed E-state index contributed by atoms with van der Waals surface area (Å²) in [6, 6.07) is 1.17. The Hall–Kier alpha value is -0.960. The normalized spacial score (nSPS) is 10.9. The minimum atomic E-state index is -2.21. The van der Waals surface area contributed by atoms with Gasteiger partial charge in [-0.2, -0.15) is 0 Å². The van der Waals surface area contributed by atoms with E-state index in [9.17, 15) is 22.0 Å². The fourth-order valence-corrected chi connectivity index (χ4v) is 2.09. The first-order valence-electron chi connectivity index (χ1n) is 4.67. The molecule has 0 spiro atoms. The lowest BCUT2D eigenvalue weighted by atomic mass is 10.1. The summed E-state index contributed by atoms with van der Waals surface area (Å²) in [6.07, 6.45) is 1.29. The van der Waals surface area contributed by atoms with E-state index in [-0.39, 0.29) is 10.7 Å². The van der Waals surface area contributed by atoms with E-state index in [0.717, 1.165) is 0 Å². The lowest BCUT2D eigenvalue weighted by Gasteiger charge is -2.09. The summed E-state index contributed by atoms with van der Waals surface area (Å²) in [5, 5.41) is -0.358. The molecule has 0 radical (unpaired) electrons. The van der Waals surface area contributed by atoms with Gasteiger partial charge in [0.1, 0.15) is 5.15 Å². The van der Waals surface area contributed by atoms with Crippen LogP contribution in [0.3, 0.4) is 0 Å². The van der Waals surface area contributed by atoms with E-state index in [4.69, 9.17) is 11.6 Å². The van der Waals surface area contributed by atoms with Gasteiger partial charge < -0.3 is 0 Å². The van der Waals surface area contributed by atoms with Crippen LogP contribution in [0, 0.1) is 32.7 Å². The molecule has 0 bridgehead atoms. The summed E-state index contributed by atoms with van der Waals surface area (Å²) < 4.78 is 66.7. The van der Waals surface area contributed by atoms with Gasteiger partial charge in [0.25, 0.3) is 0 Å². The smallest absolute Gasteiger partial charge is 0.200 e. The molecule has 2 aromatic rings. The zero-order valence-corrected chi connectivity index (χ0v) is 11.7. The highest BCUT2D eigenvalue weighted by Gasteiger charge is 2.28. The largest absolute Gasteiger partial charge is 0.243 e.